The Bertz CT molecular complexity index is 2100. The molecule has 2 aliphatic carbocycles. The smallest absolute Gasteiger partial charge is 0.253 e. The number of hydrogen-bond donors (Lipinski definition) is 4. The normalized spacial score (nSPS) is 18.9. The molecule has 6 rings (SSSR count). The zero-order valence-electron chi connectivity index (χ0n) is 39.3. The molecule has 4 aromatic heterocycles. The average molecular weight is 889 g/mol. The van der Waals surface area contributed by atoms with Crippen LogP contribution >= 0.6 is 22.7 Å². The molecule has 0 aliphatic heterocycles. The summed E-state index contributed by atoms with van der Waals surface area (Å²) in [5.74, 6) is -0.238. The summed E-state index contributed by atoms with van der Waals surface area (Å²) in [6.45, 7) is 18.4. The van der Waals surface area contributed by atoms with Crippen LogP contribution in [-0.4, -0.2) is 97.0 Å². The van der Waals surface area contributed by atoms with Crippen molar-refractivity contribution in [3.8, 4) is 0 Å². The molecule has 4 aromatic rings. The second-order valence-corrected chi connectivity index (χ2v) is 19.6. The fraction of sp³-hybridized carbons (Fsp3) is 0.583. The largest absolute Gasteiger partial charge is 0.361 e. The van der Waals surface area contributed by atoms with Crippen molar-refractivity contribution in [2.75, 3.05) is 51.1 Å². The van der Waals surface area contributed by atoms with Crippen LogP contribution in [0.15, 0.2) is 32.5 Å². The van der Waals surface area contributed by atoms with Crippen molar-refractivity contribution in [3.63, 3.8) is 0 Å². The summed E-state index contributed by atoms with van der Waals surface area (Å²) in [4.78, 5) is 65.6. The van der Waals surface area contributed by atoms with Gasteiger partial charge in [-0.05, 0) is 169 Å². The van der Waals surface area contributed by atoms with Crippen molar-refractivity contribution in [3.05, 3.63) is 99.5 Å². The highest BCUT2D eigenvalue weighted by Crippen LogP contribution is 2.38. The number of carbonyl (C=O) groups is 2. The Hall–Kier alpha value is -4.24. The topological polar surface area (TPSA) is 137 Å². The molecular weight excluding hydrogens is 817 g/mol. The number of H-pyrrole nitrogens is 2. The summed E-state index contributed by atoms with van der Waals surface area (Å²) in [5.41, 5.74) is 7.90. The van der Waals surface area contributed by atoms with Crippen molar-refractivity contribution in [2.24, 2.45) is 0 Å². The summed E-state index contributed by atoms with van der Waals surface area (Å²) in [5, 5.41) is 12.2. The van der Waals surface area contributed by atoms with Crippen LogP contribution in [0.25, 0.3) is 0 Å². The molecule has 0 aromatic carbocycles. The first-order valence-corrected chi connectivity index (χ1v) is 24.2. The lowest BCUT2D eigenvalue weighted by Crippen LogP contribution is -2.42. The summed E-state index contributed by atoms with van der Waals surface area (Å²) in [6, 6.07) is 6.27. The van der Waals surface area contributed by atoms with E-state index in [0.717, 1.165) is 46.7 Å². The van der Waals surface area contributed by atoms with Gasteiger partial charge in [0.1, 0.15) is 0 Å². The van der Waals surface area contributed by atoms with Gasteiger partial charge in [-0.2, -0.15) is 0 Å². The number of anilines is 2. The van der Waals surface area contributed by atoms with Gasteiger partial charge >= 0.3 is 0 Å². The maximum absolute atomic E-state index is 12.9. The van der Waals surface area contributed by atoms with Gasteiger partial charge in [0.2, 0.25) is 0 Å². The number of amides is 2. The predicted molar refractivity (Wildman–Crippen MR) is 259 cm³/mol. The Labute approximate surface area is 377 Å². The third-order valence-electron chi connectivity index (χ3n) is 13.2. The highest BCUT2D eigenvalue weighted by atomic mass is 32.1. The number of thiophene rings is 2. The Kier molecular flexibility index (Phi) is 17.2. The third kappa shape index (κ3) is 11.7. The molecule has 4 heterocycles. The van der Waals surface area contributed by atoms with Crippen molar-refractivity contribution in [2.45, 2.75) is 144 Å². The average Bonchev–Trinajstić information content (AvgIpc) is 3.80. The third-order valence-corrected chi connectivity index (χ3v) is 15.5. The summed E-state index contributed by atoms with van der Waals surface area (Å²) < 4.78 is 0. The van der Waals surface area contributed by atoms with E-state index in [0.29, 0.717) is 46.4 Å². The quantitative estimate of drug-likeness (QED) is 0.100. The first-order valence-electron chi connectivity index (χ1n) is 22.4. The zero-order valence-corrected chi connectivity index (χ0v) is 41.0. The molecule has 2 aliphatic rings. The van der Waals surface area contributed by atoms with Crippen molar-refractivity contribution >= 4 is 44.5 Å². The zero-order chi connectivity index (χ0) is 45.4. The van der Waals surface area contributed by atoms with Crippen LogP contribution in [-0.2, 0) is 13.1 Å². The molecule has 0 saturated heterocycles. The number of hydrogen-bond acceptors (Lipinski definition) is 10. The van der Waals surface area contributed by atoms with E-state index in [9.17, 15) is 19.2 Å². The first-order chi connectivity index (χ1) is 29.4. The Morgan fingerprint density at radius 3 is 1.19 bits per heavy atom. The molecule has 14 heteroatoms. The van der Waals surface area contributed by atoms with Gasteiger partial charge in [0.15, 0.2) is 0 Å². The number of aryl methyl sites for hydroxylation is 4. The Morgan fingerprint density at radius 2 is 0.903 bits per heavy atom. The van der Waals surface area contributed by atoms with Crippen LogP contribution in [0.1, 0.15) is 131 Å². The molecule has 0 radical (unpaired) electrons. The minimum absolute atomic E-state index is 0.119. The molecule has 2 fully saturated rings. The molecule has 2 saturated carbocycles. The van der Waals surface area contributed by atoms with Crippen molar-refractivity contribution in [1.82, 2.24) is 30.4 Å². The van der Waals surface area contributed by atoms with Crippen LogP contribution in [0.5, 0.6) is 0 Å². The fourth-order valence-corrected chi connectivity index (χ4v) is 11.9. The number of nitrogens with one attached hydrogen (secondary N) is 4. The highest BCUT2D eigenvalue weighted by Gasteiger charge is 2.30. The minimum Gasteiger partial charge on any atom is -0.361 e. The Morgan fingerprint density at radius 1 is 0.581 bits per heavy atom. The van der Waals surface area contributed by atoms with Crippen molar-refractivity contribution in [1.29, 1.82) is 0 Å². The summed E-state index contributed by atoms with van der Waals surface area (Å²) >= 11 is 3.31. The molecule has 0 bridgehead atoms. The molecule has 62 heavy (non-hydrogen) atoms. The van der Waals surface area contributed by atoms with Gasteiger partial charge in [-0.15, -0.1) is 22.7 Å². The number of aromatic amines is 2. The molecule has 0 spiro atoms. The molecule has 0 unspecified atom stereocenters. The van der Waals surface area contributed by atoms with Gasteiger partial charge in [-0.3, -0.25) is 19.2 Å². The highest BCUT2D eigenvalue weighted by molar-refractivity contribution is 7.15. The van der Waals surface area contributed by atoms with Gasteiger partial charge in [-0.1, -0.05) is 0 Å². The number of nitrogens with zero attached hydrogens (tertiary/aromatic N) is 4. The van der Waals surface area contributed by atoms with Gasteiger partial charge < -0.3 is 40.2 Å². The lowest BCUT2D eigenvalue weighted by atomic mass is 9.89. The molecule has 2 amide bonds. The number of rotatable bonds is 14. The van der Waals surface area contributed by atoms with Crippen LogP contribution < -0.4 is 31.6 Å². The van der Waals surface area contributed by atoms with E-state index in [2.05, 4.69) is 82.2 Å². The van der Waals surface area contributed by atoms with Gasteiger partial charge in [0, 0.05) is 83.6 Å². The monoisotopic (exact) mass is 889 g/mol. The molecule has 0 atom stereocenters. The number of pyridine rings is 2. The van der Waals surface area contributed by atoms with E-state index in [1.165, 1.54) is 61.4 Å². The van der Waals surface area contributed by atoms with Gasteiger partial charge in [0.25, 0.3) is 22.9 Å². The summed E-state index contributed by atoms with van der Waals surface area (Å²) in [6.07, 6.45) is 9.62. The second-order valence-electron chi connectivity index (χ2n) is 17.8. The van der Waals surface area contributed by atoms with Gasteiger partial charge in [0.05, 0.1) is 21.1 Å². The molecule has 4 N–H and O–H groups in total. The van der Waals surface area contributed by atoms with Crippen LogP contribution in [0, 0.1) is 41.5 Å². The Balaban J connectivity index is 0.000000234. The second kappa shape index (κ2) is 21.9. The lowest BCUT2D eigenvalue weighted by molar-refractivity contribution is 0.0942. The van der Waals surface area contributed by atoms with E-state index in [1.54, 1.807) is 22.7 Å². The maximum Gasteiger partial charge on any atom is 0.253 e. The van der Waals surface area contributed by atoms with E-state index >= 15 is 0 Å². The first kappa shape index (κ1) is 48.8. The standard InChI is InChI=1S/2C24H36N4O2S/c2*1-7-28(19-10-8-18(9-11-19)27(5)6)24-17(4)21(14-31-24)22(29)25-13-20-15(2)12-16(3)26-23(20)30/h2*12,14,18-19H,7-11,13H2,1-6H3,(H,25,29)(H,26,30). The van der Waals surface area contributed by atoms with Crippen molar-refractivity contribution < 1.29 is 9.59 Å². The SMILES string of the molecule is CCN(c1scc(C(=O)NCc2c(C)cc(C)[nH]c2=O)c1C)C1CCC(N(C)C)CC1.CCN(c1scc(C(=O)NCc2c(C)cc(C)[nH]c2=O)c1C)C1CCC(N(C)C)CC1. The molecule has 12 nitrogen and oxygen atoms in total. The van der Waals surface area contributed by atoms with Crippen LogP contribution in [0.3, 0.4) is 0 Å². The van der Waals surface area contributed by atoms with Gasteiger partial charge in [-0.25, -0.2) is 0 Å². The van der Waals surface area contributed by atoms with Crippen LogP contribution in [0.2, 0.25) is 0 Å². The molecule has 340 valence electrons. The van der Waals surface area contributed by atoms with E-state index in [1.807, 2.05) is 64.4 Å². The fourth-order valence-electron chi connectivity index (χ4n) is 9.47. The molecular formula is C48H72N8O4S2. The van der Waals surface area contributed by atoms with E-state index in [4.69, 9.17) is 0 Å². The van der Waals surface area contributed by atoms with E-state index in [-0.39, 0.29) is 36.0 Å². The lowest BCUT2D eigenvalue weighted by Gasteiger charge is -2.39. The maximum atomic E-state index is 12.9. The minimum atomic E-state index is -0.133. The number of aromatic nitrogens is 2. The van der Waals surface area contributed by atoms with E-state index < -0.39 is 0 Å². The number of carbonyl (C=O) groups excluding carboxylic acids is 2. The van der Waals surface area contributed by atoms with Crippen LogP contribution in [0.4, 0.5) is 10.0 Å². The summed E-state index contributed by atoms with van der Waals surface area (Å²) in [7, 11) is 8.68. The predicted octanol–water partition coefficient (Wildman–Crippen LogP) is 7.98.